The van der Waals surface area contributed by atoms with Crippen LogP contribution in [0.2, 0.25) is 0 Å². The fourth-order valence-electron chi connectivity index (χ4n) is 5.20. The summed E-state index contributed by atoms with van der Waals surface area (Å²) in [6, 6.07) is 33.9. The van der Waals surface area contributed by atoms with Gasteiger partial charge in [0.2, 0.25) is 0 Å². The molecule has 216 valence electrons. The average Bonchev–Trinajstić information content (AvgIpc) is 3.02. The van der Waals surface area contributed by atoms with Gasteiger partial charge in [-0.2, -0.15) is 0 Å². The number of ether oxygens (including phenoxy) is 2. The van der Waals surface area contributed by atoms with Gasteiger partial charge in [-0.15, -0.1) is 0 Å². The lowest BCUT2D eigenvalue weighted by Crippen LogP contribution is -2.03. The Kier molecular flexibility index (Phi) is 11.3. The number of hydrogen-bond donors (Lipinski definition) is 0. The van der Waals surface area contributed by atoms with Crippen molar-refractivity contribution in [3.8, 4) is 11.5 Å². The summed E-state index contributed by atoms with van der Waals surface area (Å²) in [5.74, 6) is 2.24. The highest BCUT2D eigenvalue weighted by Crippen LogP contribution is 2.28. The first-order valence-electron chi connectivity index (χ1n) is 14.7. The maximum atomic E-state index is 12.8. The first-order valence-corrected chi connectivity index (χ1v) is 14.7. The average molecular weight is 559 g/mol. The van der Waals surface area contributed by atoms with Gasteiger partial charge in [-0.05, 0) is 110 Å². The standard InChI is InChI=1S/C39H42O3/c1-29-11-15-31(16-12-29)27-35(33-19-23-38(41-3)24-20-33)7-5-9-37(40)10-6-8-36(28-32-17-13-30(2)14-18-32)34-21-25-39(42-4)26-22-34/h5-6,9-26,35-36H,7-8,27-28H2,1-4H3. The Balaban J connectivity index is 1.41. The van der Waals surface area contributed by atoms with Crippen molar-refractivity contribution in [2.24, 2.45) is 0 Å². The SMILES string of the molecule is COc1ccc(C(CC=CC(=O)C=CCC(Cc2ccc(C)cc2)c2ccc(OC)cc2)Cc2ccc(C)cc2)cc1. The third-order valence-corrected chi connectivity index (χ3v) is 7.79. The van der Waals surface area contributed by atoms with Crippen LogP contribution in [0.25, 0.3) is 0 Å². The summed E-state index contributed by atoms with van der Waals surface area (Å²) in [6.45, 7) is 4.21. The molecule has 0 aromatic heterocycles. The van der Waals surface area contributed by atoms with Crippen LogP contribution in [0, 0.1) is 13.8 Å². The minimum absolute atomic E-state index is 0.0163. The van der Waals surface area contributed by atoms with Crippen LogP contribution in [-0.2, 0) is 17.6 Å². The Bertz CT molecular complexity index is 1330. The van der Waals surface area contributed by atoms with Crippen molar-refractivity contribution in [1.82, 2.24) is 0 Å². The zero-order valence-corrected chi connectivity index (χ0v) is 25.3. The summed E-state index contributed by atoms with van der Waals surface area (Å²) in [7, 11) is 3.37. The zero-order valence-electron chi connectivity index (χ0n) is 25.3. The number of carbonyl (C=O) groups is 1. The molecule has 0 N–H and O–H groups in total. The second kappa shape index (κ2) is 15.6. The largest absolute Gasteiger partial charge is 0.497 e. The van der Waals surface area contributed by atoms with E-state index < -0.39 is 0 Å². The number of ketones is 1. The Hall–Kier alpha value is -4.37. The van der Waals surface area contributed by atoms with Crippen molar-refractivity contribution in [1.29, 1.82) is 0 Å². The number of allylic oxidation sites excluding steroid dienone is 4. The van der Waals surface area contributed by atoms with Crippen molar-refractivity contribution >= 4 is 5.78 Å². The first kappa shape index (κ1) is 30.6. The minimum atomic E-state index is 0.0163. The van der Waals surface area contributed by atoms with Gasteiger partial charge in [0, 0.05) is 0 Å². The topological polar surface area (TPSA) is 35.5 Å². The summed E-state index contributed by atoms with van der Waals surface area (Å²) in [5, 5.41) is 0. The van der Waals surface area contributed by atoms with Crippen molar-refractivity contribution in [2.45, 2.75) is 51.4 Å². The molecule has 0 saturated carbocycles. The molecule has 0 spiro atoms. The zero-order chi connectivity index (χ0) is 29.7. The van der Waals surface area contributed by atoms with E-state index >= 15 is 0 Å². The molecule has 4 rings (SSSR count). The third-order valence-electron chi connectivity index (χ3n) is 7.79. The smallest absolute Gasteiger partial charge is 0.178 e. The van der Waals surface area contributed by atoms with Crippen molar-refractivity contribution in [2.75, 3.05) is 14.2 Å². The van der Waals surface area contributed by atoms with Gasteiger partial charge in [-0.1, -0.05) is 96.1 Å². The Morgan fingerprint density at radius 1 is 0.571 bits per heavy atom. The first-order chi connectivity index (χ1) is 20.4. The van der Waals surface area contributed by atoms with E-state index in [0.29, 0.717) is 0 Å². The summed E-state index contributed by atoms with van der Waals surface area (Å²) in [5.41, 5.74) is 7.57. The maximum absolute atomic E-state index is 12.8. The highest BCUT2D eigenvalue weighted by Gasteiger charge is 2.13. The van der Waals surface area contributed by atoms with Crippen LogP contribution in [0.15, 0.2) is 121 Å². The molecule has 42 heavy (non-hydrogen) atoms. The number of rotatable bonds is 14. The molecule has 0 bridgehead atoms. The van der Waals surface area contributed by atoms with Gasteiger partial charge >= 0.3 is 0 Å². The van der Waals surface area contributed by atoms with E-state index in [2.05, 4.69) is 86.6 Å². The lowest BCUT2D eigenvalue weighted by atomic mass is 9.88. The van der Waals surface area contributed by atoms with E-state index in [1.54, 1.807) is 26.4 Å². The van der Waals surface area contributed by atoms with Gasteiger partial charge in [0.05, 0.1) is 14.2 Å². The predicted molar refractivity (Wildman–Crippen MR) is 174 cm³/mol. The molecule has 4 aromatic carbocycles. The molecule has 0 aliphatic heterocycles. The molecule has 0 amide bonds. The summed E-state index contributed by atoms with van der Waals surface area (Å²) in [6.07, 6.45) is 10.8. The summed E-state index contributed by atoms with van der Waals surface area (Å²) < 4.78 is 10.7. The van der Waals surface area contributed by atoms with Crippen molar-refractivity contribution in [3.05, 3.63) is 155 Å². The Morgan fingerprint density at radius 3 is 1.26 bits per heavy atom. The van der Waals surface area contributed by atoms with Crippen LogP contribution in [0.1, 0.15) is 58.1 Å². The molecule has 0 aliphatic rings. The van der Waals surface area contributed by atoms with Crippen molar-refractivity contribution in [3.63, 3.8) is 0 Å². The van der Waals surface area contributed by atoms with Crippen molar-refractivity contribution < 1.29 is 14.3 Å². The van der Waals surface area contributed by atoms with E-state index in [1.807, 2.05) is 36.4 Å². The molecule has 2 unspecified atom stereocenters. The molecule has 3 nitrogen and oxygen atoms in total. The molecule has 0 heterocycles. The highest BCUT2D eigenvalue weighted by molar-refractivity contribution is 5.99. The fraction of sp³-hybridized carbons (Fsp3) is 0.256. The number of aryl methyl sites for hydroxylation is 2. The Labute approximate surface area is 251 Å². The van der Waals surface area contributed by atoms with Gasteiger partial charge < -0.3 is 9.47 Å². The molecular weight excluding hydrogens is 516 g/mol. The second-order valence-corrected chi connectivity index (χ2v) is 11.0. The molecular formula is C39H42O3. The number of methoxy groups -OCH3 is 2. The van der Waals surface area contributed by atoms with Crippen LogP contribution in [0.5, 0.6) is 11.5 Å². The minimum Gasteiger partial charge on any atom is -0.497 e. The van der Waals surface area contributed by atoms with Crippen LogP contribution >= 0.6 is 0 Å². The summed E-state index contributed by atoms with van der Waals surface area (Å²) in [4.78, 5) is 12.8. The molecule has 3 heteroatoms. The van der Waals surface area contributed by atoms with E-state index in [1.165, 1.54) is 33.4 Å². The number of carbonyl (C=O) groups excluding carboxylic acids is 1. The molecule has 0 radical (unpaired) electrons. The number of benzene rings is 4. The van der Waals surface area contributed by atoms with E-state index in [9.17, 15) is 4.79 Å². The Morgan fingerprint density at radius 2 is 0.929 bits per heavy atom. The highest BCUT2D eigenvalue weighted by atomic mass is 16.5. The van der Waals surface area contributed by atoms with Crippen LogP contribution in [0.4, 0.5) is 0 Å². The monoisotopic (exact) mass is 558 g/mol. The molecule has 0 fully saturated rings. The second-order valence-electron chi connectivity index (χ2n) is 11.0. The van der Waals surface area contributed by atoms with Gasteiger partial charge in [-0.25, -0.2) is 0 Å². The van der Waals surface area contributed by atoms with Crippen LogP contribution in [-0.4, -0.2) is 20.0 Å². The van der Waals surface area contributed by atoms with E-state index in [4.69, 9.17) is 9.47 Å². The normalized spacial score (nSPS) is 12.9. The van der Waals surface area contributed by atoms with Gasteiger partial charge in [0.25, 0.3) is 0 Å². The molecule has 0 aliphatic carbocycles. The quantitative estimate of drug-likeness (QED) is 0.145. The lowest BCUT2D eigenvalue weighted by molar-refractivity contribution is -0.110. The predicted octanol–water partition coefficient (Wildman–Crippen LogP) is 9.14. The lowest BCUT2D eigenvalue weighted by Gasteiger charge is -2.17. The molecule has 2 atom stereocenters. The molecule has 0 saturated heterocycles. The van der Waals surface area contributed by atoms with Crippen LogP contribution in [0.3, 0.4) is 0 Å². The van der Waals surface area contributed by atoms with Crippen LogP contribution < -0.4 is 9.47 Å². The maximum Gasteiger partial charge on any atom is 0.178 e. The fourth-order valence-corrected chi connectivity index (χ4v) is 5.20. The summed E-state index contributed by atoms with van der Waals surface area (Å²) >= 11 is 0. The van der Waals surface area contributed by atoms with E-state index in [-0.39, 0.29) is 17.6 Å². The third kappa shape index (κ3) is 9.34. The van der Waals surface area contributed by atoms with Gasteiger partial charge in [0.1, 0.15) is 11.5 Å². The number of hydrogen-bond acceptors (Lipinski definition) is 3. The van der Waals surface area contributed by atoms with Gasteiger partial charge in [0.15, 0.2) is 5.78 Å². The van der Waals surface area contributed by atoms with Gasteiger partial charge in [-0.3, -0.25) is 4.79 Å². The molecule has 4 aromatic rings. The van der Waals surface area contributed by atoms with E-state index in [0.717, 1.165) is 37.2 Å².